The zero-order valence-corrected chi connectivity index (χ0v) is 45.9. The summed E-state index contributed by atoms with van der Waals surface area (Å²) in [5.41, 5.74) is 16.6. The molecule has 4 heteroatoms. The molecule has 0 aliphatic heterocycles. The van der Waals surface area contributed by atoms with E-state index in [2.05, 4.69) is 267 Å². The molecule has 0 radical (unpaired) electrons. The molecule has 16 aromatic rings. The fourth-order valence-electron chi connectivity index (χ4n) is 13.3. The molecule has 4 nitrogen and oxygen atoms in total. The van der Waals surface area contributed by atoms with Crippen LogP contribution in [-0.4, -0.2) is 19.9 Å². The molecule has 0 saturated heterocycles. The van der Waals surface area contributed by atoms with E-state index in [4.69, 9.17) is 15.0 Å². The maximum Gasteiger partial charge on any atom is 0.126 e. The Morgan fingerprint density at radius 2 is 0.687 bits per heavy atom. The lowest BCUT2D eigenvalue weighted by Crippen LogP contribution is -2.00. The van der Waals surface area contributed by atoms with Crippen LogP contribution < -0.4 is 0 Å². The van der Waals surface area contributed by atoms with Crippen LogP contribution in [0.3, 0.4) is 0 Å². The maximum atomic E-state index is 5.22. The molecule has 0 bridgehead atoms. The Kier molecular flexibility index (Phi) is 11.4. The molecule has 0 N–H and O–H groups in total. The van der Waals surface area contributed by atoms with E-state index in [1.807, 2.05) is 13.1 Å². The lowest BCUT2D eigenvalue weighted by atomic mass is 9.83. The number of nitrogens with zero attached hydrogens (tertiary/aromatic N) is 4. The highest BCUT2D eigenvalue weighted by Gasteiger charge is 2.22. The Hall–Kier alpha value is -10.7. The average molecular weight is 1060 g/mol. The van der Waals surface area contributed by atoms with Crippen LogP contribution in [0.25, 0.3) is 153 Å². The fourth-order valence-corrected chi connectivity index (χ4v) is 13.3. The van der Waals surface area contributed by atoms with Gasteiger partial charge in [-0.2, -0.15) is 0 Å². The summed E-state index contributed by atoms with van der Waals surface area (Å²) in [5.74, 6) is 0.734. The summed E-state index contributed by atoms with van der Waals surface area (Å²) in [7, 11) is 0. The summed E-state index contributed by atoms with van der Waals surface area (Å²) in [4.78, 5) is 19.6. The van der Waals surface area contributed by atoms with E-state index < -0.39 is 0 Å². The van der Waals surface area contributed by atoms with Gasteiger partial charge in [-0.15, -0.1) is 0 Å². The van der Waals surface area contributed by atoms with Crippen LogP contribution in [0, 0.1) is 13.8 Å². The molecule has 16 rings (SSSR count). The van der Waals surface area contributed by atoms with Crippen LogP contribution in [0.4, 0.5) is 0 Å². The van der Waals surface area contributed by atoms with Crippen molar-refractivity contribution in [3.63, 3.8) is 0 Å². The topological polar surface area (TPSA) is 51.6 Å². The van der Waals surface area contributed by atoms with Crippen molar-refractivity contribution in [2.24, 2.45) is 0 Å². The molecule has 0 aliphatic carbocycles. The predicted octanol–water partition coefficient (Wildman–Crippen LogP) is 20.7. The van der Waals surface area contributed by atoms with Crippen LogP contribution in [-0.2, 0) is 6.42 Å². The van der Waals surface area contributed by atoms with Crippen molar-refractivity contribution in [3.05, 3.63) is 290 Å². The minimum absolute atomic E-state index is 0.611. The molecule has 2 aromatic heterocycles. The highest BCUT2D eigenvalue weighted by molar-refractivity contribution is 6.24. The zero-order chi connectivity index (χ0) is 55.1. The molecule has 0 amide bonds. The van der Waals surface area contributed by atoms with E-state index in [0.29, 0.717) is 6.42 Å². The second kappa shape index (κ2) is 19.5. The standard InChI is InChI=1S/C79H52N4/c1-48-46-80-47-81-79(48)64-33-36-70-73(44-64)78(63-31-27-54-16-6-10-20-58(54)42-63)71-38-50(23-34-68(71)76(70)61-29-25-52-14-4-8-18-56(52)40-61)37-65-45-74(83-49(2)82-65)59-32-35-69-72(43-59)77(62-30-26-53-15-5-9-19-57(53)41-62)67-22-12-11-21-66(67)75(69)60-28-24-51-13-3-7-17-55(51)39-60/h3-36,38-47H,37H2,1-2H3. The van der Waals surface area contributed by atoms with Gasteiger partial charge in [0.15, 0.2) is 0 Å². The predicted molar refractivity (Wildman–Crippen MR) is 349 cm³/mol. The first-order valence-electron chi connectivity index (χ1n) is 28.5. The van der Waals surface area contributed by atoms with E-state index in [9.17, 15) is 0 Å². The maximum absolute atomic E-state index is 5.22. The van der Waals surface area contributed by atoms with E-state index in [1.54, 1.807) is 6.33 Å². The smallest absolute Gasteiger partial charge is 0.126 e. The summed E-state index contributed by atoms with van der Waals surface area (Å²) < 4.78 is 0. The molecule has 2 heterocycles. The molecule has 0 saturated carbocycles. The Balaban J connectivity index is 0.891. The Morgan fingerprint density at radius 3 is 1.18 bits per heavy atom. The number of aromatic nitrogens is 4. The van der Waals surface area contributed by atoms with E-state index in [-0.39, 0.29) is 0 Å². The third-order valence-corrected chi connectivity index (χ3v) is 17.1. The molecule has 0 unspecified atom stereocenters. The van der Waals surface area contributed by atoms with Crippen LogP contribution >= 0.6 is 0 Å². The van der Waals surface area contributed by atoms with Gasteiger partial charge in [0.05, 0.1) is 11.4 Å². The molecular weight excluding hydrogens is 1000 g/mol. The fraction of sp³-hybridized carbons (Fsp3) is 0.0380. The Bertz CT molecular complexity index is 5350. The highest BCUT2D eigenvalue weighted by atomic mass is 14.9. The molecule has 0 spiro atoms. The first kappa shape index (κ1) is 48.2. The number of rotatable bonds is 8. The van der Waals surface area contributed by atoms with Crippen molar-refractivity contribution in [3.8, 4) is 67.0 Å². The van der Waals surface area contributed by atoms with Gasteiger partial charge in [-0.3, -0.25) is 0 Å². The summed E-state index contributed by atoms with van der Waals surface area (Å²) in [6.45, 7) is 4.11. The number of hydrogen-bond acceptors (Lipinski definition) is 4. The van der Waals surface area contributed by atoms with Gasteiger partial charge in [-0.05, 0) is 198 Å². The number of fused-ring (bicyclic) bond motifs is 8. The van der Waals surface area contributed by atoms with Crippen molar-refractivity contribution < 1.29 is 0 Å². The van der Waals surface area contributed by atoms with Gasteiger partial charge in [0.2, 0.25) is 0 Å². The van der Waals surface area contributed by atoms with E-state index in [1.165, 1.54) is 131 Å². The minimum atomic E-state index is 0.611. The largest absolute Gasteiger partial charge is 0.245 e. The molecule has 0 fully saturated rings. The SMILES string of the molecule is Cc1nc(Cc2ccc3c(-c4ccc5ccccc5c4)c4ccc(-c5ncncc5C)cc4c(-c4ccc5ccccc5c4)c3c2)cc(-c2ccc3c(-c4ccc5ccccc5c4)c4ccccc4c(-c4ccc5ccccc5c4)c3c2)n1. The lowest BCUT2D eigenvalue weighted by molar-refractivity contribution is 0.973. The zero-order valence-electron chi connectivity index (χ0n) is 45.9. The number of benzene rings is 14. The van der Waals surface area contributed by atoms with Crippen molar-refractivity contribution in [2.75, 3.05) is 0 Å². The average Bonchev–Trinajstić information content (AvgIpc) is 3.71. The Labute approximate surface area is 480 Å². The highest BCUT2D eigenvalue weighted by Crippen LogP contribution is 2.48. The molecular formula is C79H52N4. The normalized spacial score (nSPS) is 11.8. The van der Waals surface area contributed by atoms with Crippen LogP contribution in [0.2, 0.25) is 0 Å². The third-order valence-electron chi connectivity index (χ3n) is 17.1. The molecule has 83 heavy (non-hydrogen) atoms. The second-order valence-electron chi connectivity index (χ2n) is 22.2. The van der Waals surface area contributed by atoms with Crippen LogP contribution in [0.1, 0.15) is 22.6 Å². The van der Waals surface area contributed by atoms with Gasteiger partial charge in [-0.25, -0.2) is 19.9 Å². The van der Waals surface area contributed by atoms with Crippen LogP contribution in [0.5, 0.6) is 0 Å². The van der Waals surface area contributed by atoms with E-state index in [0.717, 1.165) is 45.2 Å². The second-order valence-corrected chi connectivity index (χ2v) is 22.2. The number of aryl methyl sites for hydroxylation is 2. The van der Waals surface area contributed by atoms with Gasteiger partial charge in [0.25, 0.3) is 0 Å². The summed E-state index contributed by atoms with van der Waals surface area (Å²) in [6.07, 6.45) is 4.16. The van der Waals surface area contributed by atoms with Crippen molar-refractivity contribution >= 4 is 86.2 Å². The first-order chi connectivity index (χ1) is 40.9. The molecule has 388 valence electrons. The quantitative estimate of drug-likeness (QED) is 0.142. The summed E-state index contributed by atoms with van der Waals surface area (Å²) in [5, 5.41) is 19.3. The van der Waals surface area contributed by atoms with Gasteiger partial charge in [-0.1, -0.05) is 212 Å². The third kappa shape index (κ3) is 8.37. The van der Waals surface area contributed by atoms with Gasteiger partial charge in [0, 0.05) is 29.4 Å². The molecule has 0 atom stereocenters. The minimum Gasteiger partial charge on any atom is -0.245 e. The van der Waals surface area contributed by atoms with Gasteiger partial charge >= 0.3 is 0 Å². The molecule has 0 aliphatic rings. The summed E-state index contributed by atoms with van der Waals surface area (Å²) in [6, 6.07) is 94.3. The van der Waals surface area contributed by atoms with Gasteiger partial charge < -0.3 is 0 Å². The number of hydrogen-bond donors (Lipinski definition) is 0. The first-order valence-corrected chi connectivity index (χ1v) is 28.5. The molecule has 14 aromatic carbocycles. The monoisotopic (exact) mass is 1060 g/mol. The lowest BCUT2D eigenvalue weighted by Gasteiger charge is -2.20. The van der Waals surface area contributed by atoms with Gasteiger partial charge in [0.1, 0.15) is 12.2 Å². The van der Waals surface area contributed by atoms with Crippen molar-refractivity contribution in [1.82, 2.24) is 19.9 Å². The summed E-state index contributed by atoms with van der Waals surface area (Å²) >= 11 is 0. The van der Waals surface area contributed by atoms with Crippen LogP contribution in [0.15, 0.2) is 267 Å². The Morgan fingerprint density at radius 1 is 0.301 bits per heavy atom. The van der Waals surface area contributed by atoms with Crippen molar-refractivity contribution in [1.29, 1.82) is 0 Å². The van der Waals surface area contributed by atoms with E-state index >= 15 is 0 Å². The van der Waals surface area contributed by atoms with Crippen molar-refractivity contribution in [2.45, 2.75) is 20.3 Å².